The Balaban J connectivity index is 0.000000364. The molecular weight excluding hydrogens is 499 g/mol. The maximum Gasteiger partial charge on any atom is 0.490 e. The quantitative estimate of drug-likeness (QED) is 0.453. The first kappa shape index (κ1) is 24.8. The van der Waals surface area contributed by atoms with Gasteiger partial charge in [0.1, 0.15) is 11.4 Å². The molecule has 3 aromatic rings. The SMILES string of the molecule is O=C(Nc1cscc1C(F)F)c1cnn2ccc(N3CC4CCC3CN4)nc12.O=C(O)C(F)(F)F. The molecule has 9 nitrogen and oxygen atoms in total. The number of rotatable bonds is 4. The number of carboxylic acids is 1. The van der Waals surface area contributed by atoms with Crippen molar-refractivity contribution in [3.8, 4) is 0 Å². The number of amides is 1. The third-order valence-corrected chi connectivity index (χ3v) is 6.42. The molecule has 0 spiro atoms. The molecule has 3 aromatic heterocycles. The van der Waals surface area contributed by atoms with Crippen LogP contribution in [0.15, 0.2) is 29.2 Å². The van der Waals surface area contributed by atoms with Crippen LogP contribution in [0, 0.1) is 0 Å². The summed E-state index contributed by atoms with van der Waals surface area (Å²) < 4.78 is 59.4. The number of nitrogens with zero attached hydrogens (tertiary/aromatic N) is 4. The van der Waals surface area contributed by atoms with Gasteiger partial charge < -0.3 is 20.6 Å². The first-order chi connectivity index (χ1) is 16.5. The van der Waals surface area contributed by atoms with Crippen LogP contribution in [0.2, 0.25) is 0 Å². The molecule has 35 heavy (non-hydrogen) atoms. The number of anilines is 2. The van der Waals surface area contributed by atoms with Crippen molar-refractivity contribution in [2.75, 3.05) is 23.3 Å². The van der Waals surface area contributed by atoms with Crippen molar-refractivity contribution in [1.82, 2.24) is 19.9 Å². The topological polar surface area (TPSA) is 112 Å². The molecule has 0 aliphatic carbocycles. The average molecular weight is 518 g/mol. The molecule has 3 saturated heterocycles. The summed E-state index contributed by atoms with van der Waals surface area (Å²) in [5.41, 5.74) is 0.618. The molecule has 1 amide bonds. The molecule has 15 heteroatoms. The van der Waals surface area contributed by atoms with Crippen molar-refractivity contribution in [3.05, 3.63) is 40.3 Å². The van der Waals surface area contributed by atoms with Crippen LogP contribution >= 0.6 is 11.3 Å². The van der Waals surface area contributed by atoms with E-state index in [1.165, 1.54) is 21.5 Å². The number of piperazine rings is 1. The van der Waals surface area contributed by atoms with Crippen LogP contribution in [0.25, 0.3) is 5.65 Å². The first-order valence-electron chi connectivity index (χ1n) is 10.3. The predicted molar refractivity (Wildman–Crippen MR) is 116 cm³/mol. The molecule has 3 aliphatic heterocycles. The van der Waals surface area contributed by atoms with Crippen molar-refractivity contribution in [3.63, 3.8) is 0 Å². The Kier molecular flexibility index (Phi) is 6.89. The van der Waals surface area contributed by atoms with Crippen molar-refractivity contribution in [2.45, 2.75) is 37.5 Å². The van der Waals surface area contributed by atoms with Crippen LogP contribution in [0.3, 0.4) is 0 Å². The number of fused-ring (bicyclic) bond motifs is 4. The number of aliphatic carboxylic acids is 1. The molecule has 0 saturated carbocycles. The van der Waals surface area contributed by atoms with Gasteiger partial charge in [0.25, 0.3) is 12.3 Å². The highest BCUT2D eigenvalue weighted by Gasteiger charge is 2.38. The minimum Gasteiger partial charge on any atom is -0.475 e. The van der Waals surface area contributed by atoms with Gasteiger partial charge in [-0.15, -0.1) is 11.3 Å². The Labute approximate surface area is 198 Å². The Morgan fingerprint density at radius 1 is 1.26 bits per heavy atom. The van der Waals surface area contributed by atoms with Gasteiger partial charge >= 0.3 is 12.1 Å². The maximum absolute atomic E-state index is 13.1. The number of halogens is 5. The van der Waals surface area contributed by atoms with E-state index in [9.17, 15) is 26.7 Å². The summed E-state index contributed by atoms with van der Waals surface area (Å²) in [4.78, 5) is 28.6. The van der Waals surface area contributed by atoms with Gasteiger partial charge in [0.2, 0.25) is 0 Å². The van der Waals surface area contributed by atoms with Crippen molar-refractivity contribution >= 4 is 40.4 Å². The lowest BCUT2D eigenvalue weighted by atomic mass is 9.93. The molecule has 0 aromatic carbocycles. The summed E-state index contributed by atoms with van der Waals surface area (Å²) in [6.45, 7) is 1.81. The second kappa shape index (κ2) is 9.73. The van der Waals surface area contributed by atoms with E-state index < -0.39 is 24.5 Å². The minimum absolute atomic E-state index is 0.125. The zero-order valence-corrected chi connectivity index (χ0v) is 18.6. The van der Waals surface area contributed by atoms with Gasteiger partial charge in [-0.3, -0.25) is 4.79 Å². The van der Waals surface area contributed by atoms with E-state index in [-0.39, 0.29) is 16.8 Å². The molecule has 0 radical (unpaired) electrons. The number of hydrogen-bond donors (Lipinski definition) is 3. The number of nitrogens with one attached hydrogen (secondary N) is 2. The van der Waals surface area contributed by atoms with Crippen LogP contribution in [0.4, 0.5) is 33.5 Å². The summed E-state index contributed by atoms with van der Waals surface area (Å²) in [5, 5.41) is 20.2. The zero-order valence-electron chi connectivity index (χ0n) is 17.8. The number of carboxylic acid groups (broad SMARTS) is 1. The van der Waals surface area contributed by atoms with Gasteiger partial charge in [-0.1, -0.05) is 0 Å². The van der Waals surface area contributed by atoms with Gasteiger partial charge in [0.05, 0.1) is 17.4 Å². The van der Waals surface area contributed by atoms with E-state index in [1.807, 2.05) is 6.07 Å². The molecular formula is C20H19F5N6O3S. The summed E-state index contributed by atoms with van der Waals surface area (Å²) in [6.07, 6.45) is -2.25. The summed E-state index contributed by atoms with van der Waals surface area (Å²) in [6, 6.07) is 2.75. The average Bonchev–Trinajstić information content (AvgIpc) is 3.46. The van der Waals surface area contributed by atoms with Crippen molar-refractivity contribution in [1.29, 1.82) is 0 Å². The number of carbonyl (C=O) groups is 2. The van der Waals surface area contributed by atoms with Crippen LogP contribution in [-0.2, 0) is 4.79 Å². The largest absolute Gasteiger partial charge is 0.490 e. The normalized spacial score (nSPS) is 19.5. The number of alkyl halides is 5. The number of thiophene rings is 1. The highest BCUT2D eigenvalue weighted by molar-refractivity contribution is 7.08. The molecule has 3 fully saturated rings. The predicted octanol–water partition coefficient (Wildman–Crippen LogP) is 3.55. The fourth-order valence-electron chi connectivity index (χ4n) is 3.94. The third-order valence-electron chi connectivity index (χ3n) is 5.66. The van der Waals surface area contributed by atoms with E-state index in [2.05, 4.69) is 25.6 Å². The second-order valence-electron chi connectivity index (χ2n) is 7.90. The van der Waals surface area contributed by atoms with Crippen LogP contribution in [-0.4, -0.2) is 62.9 Å². The summed E-state index contributed by atoms with van der Waals surface area (Å²) >= 11 is 1.12. The van der Waals surface area contributed by atoms with E-state index in [0.717, 1.165) is 43.1 Å². The fraction of sp³-hybridized carbons (Fsp3) is 0.400. The molecule has 2 atom stereocenters. The van der Waals surface area contributed by atoms with Gasteiger partial charge in [-0.05, 0) is 18.9 Å². The van der Waals surface area contributed by atoms with E-state index in [1.54, 1.807) is 6.20 Å². The highest BCUT2D eigenvalue weighted by atomic mass is 32.1. The number of carbonyl (C=O) groups excluding carboxylic acids is 1. The highest BCUT2D eigenvalue weighted by Crippen LogP contribution is 2.31. The lowest BCUT2D eigenvalue weighted by Gasteiger charge is -2.46. The van der Waals surface area contributed by atoms with Crippen LogP contribution in [0.5, 0.6) is 0 Å². The van der Waals surface area contributed by atoms with Gasteiger partial charge in [0, 0.05) is 42.1 Å². The van der Waals surface area contributed by atoms with E-state index in [4.69, 9.17) is 9.90 Å². The van der Waals surface area contributed by atoms with Crippen molar-refractivity contribution < 1.29 is 36.6 Å². The summed E-state index contributed by atoms with van der Waals surface area (Å²) in [7, 11) is 0. The Bertz CT molecular complexity index is 1220. The van der Waals surface area contributed by atoms with Crippen LogP contribution in [0.1, 0.15) is 35.2 Å². The molecule has 2 unspecified atom stereocenters. The number of aromatic nitrogens is 3. The molecule has 6 heterocycles. The molecule has 2 bridgehead atoms. The van der Waals surface area contributed by atoms with Crippen molar-refractivity contribution in [2.24, 2.45) is 0 Å². The molecule has 3 N–H and O–H groups in total. The Morgan fingerprint density at radius 2 is 2.00 bits per heavy atom. The minimum atomic E-state index is -5.08. The molecule has 188 valence electrons. The van der Waals surface area contributed by atoms with Crippen LogP contribution < -0.4 is 15.5 Å². The van der Waals surface area contributed by atoms with Gasteiger partial charge in [0.15, 0.2) is 5.65 Å². The third kappa shape index (κ3) is 5.35. The Hall–Kier alpha value is -3.33. The fourth-order valence-corrected chi connectivity index (χ4v) is 4.71. The summed E-state index contributed by atoms with van der Waals surface area (Å²) in [5.74, 6) is -2.45. The first-order valence-corrected chi connectivity index (χ1v) is 11.3. The standard InChI is InChI=1S/C18H18F2N6OS.C2HF3O2/c19-16(20)13-8-28-9-14(13)23-18(27)12-6-22-26-4-3-15(24-17(12)26)25-7-10-1-2-11(25)5-21-10;3-2(4,5)1(6)7/h3-4,6,8-11,16,21H,1-2,5,7H2,(H,23,27);(H,6,7). The molecule has 3 aliphatic rings. The lowest BCUT2D eigenvalue weighted by Crippen LogP contribution is -2.61. The van der Waals surface area contributed by atoms with E-state index >= 15 is 0 Å². The number of hydrogen-bond acceptors (Lipinski definition) is 7. The molecule has 6 rings (SSSR count). The Morgan fingerprint density at radius 3 is 2.57 bits per heavy atom. The monoisotopic (exact) mass is 518 g/mol. The lowest BCUT2D eigenvalue weighted by molar-refractivity contribution is -0.192. The smallest absolute Gasteiger partial charge is 0.475 e. The van der Waals surface area contributed by atoms with E-state index in [0.29, 0.717) is 17.7 Å². The van der Waals surface area contributed by atoms with Gasteiger partial charge in [-0.2, -0.15) is 18.3 Å². The maximum atomic E-state index is 13.1. The zero-order chi connectivity index (χ0) is 25.3. The van der Waals surface area contributed by atoms with Gasteiger partial charge in [-0.25, -0.2) is 23.1 Å². The second-order valence-corrected chi connectivity index (χ2v) is 8.64. The number of piperidine rings is 2.